The van der Waals surface area contributed by atoms with Gasteiger partial charge in [0.25, 0.3) is 0 Å². The molecule has 26 heavy (non-hydrogen) atoms. The highest BCUT2D eigenvalue weighted by molar-refractivity contribution is 5.28. The molecule has 0 amide bonds. The van der Waals surface area contributed by atoms with Crippen molar-refractivity contribution in [2.75, 3.05) is 6.54 Å². The van der Waals surface area contributed by atoms with Crippen molar-refractivity contribution in [3.63, 3.8) is 0 Å². The van der Waals surface area contributed by atoms with Gasteiger partial charge in [0, 0.05) is 24.2 Å². The third-order valence-electron chi connectivity index (χ3n) is 7.72. The van der Waals surface area contributed by atoms with E-state index in [0.717, 1.165) is 17.4 Å². The molecule has 2 rings (SSSR count). The maximum absolute atomic E-state index is 4.58. The number of piperidine rings is 1. The summed E-state index contributed by atoms with van der Waals surface area (Å²) in [5, 5.41) is 0. The number of hydrogen-bond donors (Lipinski definition) is 0. The SMILES string of the molecule is C=C(C)C(=C)C(CCC)CC1C2C(CN1C(=C)C(C)C(C)(C)C)C2(C)C. The zero-order valence-corrected chi connectivity index (χ0v) is 18.8. The van der Waals surface area contributed by atoms with Gasteiger partial charge in [-0.1, -0.05) is 80.2 Å². The minimum Gasteiger partial charge on any atom is -0.371 e. The van der Waals surface area contributed by atoms with Gasteiger partial charge < -0.3 is 4.90 Å². The second kappa shape index (κ2) is 7.21. The lowest BCUT2D eigenvalue weighted by atomic mass is 9.78. The first-order valence-electron chi connectivity index (χ1n) is 10.6. The van der Waals surface area contributed by atoms with E-state index in [1.165, 1.54) is 37.1 Å². The van der Waals surface area contributed by atoms with Crippen LogP contribution in [-0.2, 0) is 0 Å². The van der Waals surface area contributed by atoms with Gasteiger partial charge in [-0.15, -0.1) is 0 Å². The highest BCUT2D eigenvalue weighted by Gasteiger charge is 2.66. The van der Waals surface area contributed by atoms with Crippen molar-refractivity contribution in [1.29, 1.82) is 0 Å². The van der Waals surface area contributed by atoms with Crippen LogP contribution in [0.25, 0.3) is 0 Å². The number of hydrogen-bond acceptors (Lipinski definition) is 1. The Morgan fingerprint density at radius 1 is 1.19 bits per heavy atom. The number of fused-ring (bicyclic) bond motifs is 1. The summed E-state index contributed by atoms with van der Waals surface area (Å²) in [7, 11) is 0. The molecule has 0 spiro atoms. The Balaban J connectivity index is 2.24. The fraction of sp³-hybridized carbons (Fsp3) is 0.760. The predicted molar refractivity (Wildman–Crippen MR) is 116 cm³/mol. The van der Waals surface area contributed by atoms with Crippen LogP contribution in [0.15, 0.2) is 36.6 Å². The minimum atomic E-state index is 0.258. The summed E-state index contributed by atoms with van der Waals surface area (Å²) in [5.74, 6) is 2.69. The molecule has 2 aliphatic rings. The summed E-state index contributed by atoms with van der Waals surface area (Å²) in [4.78, 5) is 2.69. The molecule has 0 aromatic rings. The Kier molecular flexibility index (Phi) is 5.91. The Labute approximate surface area is 163 Å². The molecule has 5 unspecified atom stereocenters. The van der Waals surface area contributed by atoms with Crippen LogP contribution in [0, 0.1) is 34.5 Å². The van der Waals surface area contributed by atoms with Crippen molar-refractivity contribution in [1.82, 2.24) is 4.90 Å². The largest absolute Gasteiger partial charge is 0.371 e. The van der Waals surface area contributed by atoms with E-state index in [2.05, 4.69) is 80.0 Å². The quantitative estimate of drug-likeness (QED) is 0.420. The highest BCUT2D eigenvalue weighted by Crippen LogP contribution is 2.66. The van der Waals surface area contributed by atoms with Crippen molar-refractivity contribution in [3.8, 4) is 0 Å². The molecular weight excluding hydrogens is 314 g/mol. The van der Waals surface area contributed by atoms with E-state index in [4.69, 9.17) is 0 Å². The zero-order chi connectivity index (χ0) is 20.0. The van der Waals surface area contributed by atoms with Gasteiger partial charge >= 0.3 is 0 Å². The summed E-state index contributed by atoms with van der Waals surface area (Å²) in [6, 6.07) is 0.611. The van der Waals surface area contributed by atoms with Crippen LogP contribution in [0.3, 0.4) is 0 Å². The lowest BCUT2D eigenvalue weighted by Gasteiger charge is -2.41. The summed E-state index contributed by atoms with van der Waals surface area (Å²) < 4.78 is 0. The lowest BCUT2D eigenvalue weighted by Crippen LogP contribution is -2.40. The maximum Gasteiger partial charge on any atom is 0.0329 e. The second-order valence-corrected chi connectivity index (χ2v) is 10.8. The maximum atomic E-state index is 4.58. The van der Waals surface area contributed by atoms with E-state index in [1.807, 2.05) is 0 Å². The molecule has 1 nitrogen and oxygen atoms in total. The average Bonchev–Trinajstić information content (AvgIpc) is 2.88. The first kappa shape index (κ1) is 21.3. The molecule has 148 valence electrons. The smallest absolute Gasteiger partial charge is 0.0329 e. The normalized spacial score (nSPS) is 29.1. The molecule has 0 bridgehead atoms. The number of nitrogens with zero attached hydrogens (tertiary/aromatic N) is 1. The third-order valence-corrected chi connectivity index (χ3v) is 7.72. The number of allylic oxidation sites excluding steroid dienone is 3. The molecular formula is C25H43N. The Bertz CT molecular complexity index is 573. The molecule has 1 saturated heterocycles. The predicted octanol–water partition coefficient (Wildman–Crippen LogP) is 7.08. The van der Waals surface area contributed by atoms with E-state index in [9.17, 15) is 0 Å². The second-order valence-electron chi connectivity index (χ2n) is 10.8. The van der Waals surface area contributed by atoms with Gasteiger partial charge in [-0.25, -0.2) is 0 Å². The van der Waals surface area contributed by atoms with Crippen molar-refractivity contribution in [3.05, 3.63) is 36.6 Å². The lowest BCUT2D eigenvalue weighted by molar-refractivity contribution is 0.157. The van der Waals surface area contributed by atoms with Gasteiger partial charge in [-0.05, 0) is 53.9 Å². The van der Waals surface area contributed by atoms with Crippen molar-refractivity contribution >= 4 is 0 Å². The Morgan fingerprint density at radius 3 is 2.23 bits per heavy atom. The van der Waals surface area contributed by atoms with Crippen LogP contribution < -0.4 is 0 Å². The molecule has 0 aromatic heterocycles. The van der Waals surface area contributed by atoms with Gasteiger partial charge in [-0.2, -0.15) is 0 Å². The molecule has 1 aliphatic carbocycles. The molecule has 1 heterocycles. The summed E-state index contributed by atoms with van der Waals surface area (Å²) >= 11 is 0. The van der Waals surface area contributed by atoms with Crippen LogP contribution >= 0.6 is 0 Å². The first-order chi connectivity index (χ1) is 11.8. The van der Waals surface area contributed by atoms with Crippen LogP contribution in [0.4, 0.5) is 0 Å². The van der Waals surface area contributed by atoms with E-state index in [0.29, 0.717) is 23.3 Å². The van der Waals surface area contributed by atoms with Crippen molar-refractivity contribution < 1.29 is 0 Å². The first-order valence-corrected chi connectivity index (χ1v) is 10.6. The van der Waals surface area contributed by atoms with Crippen LogP contribution in [0.5, 0.6) is 0 Å². The molecule has 0 N–H and O–H groups in total. The Hall–Kier alpha value is -0.980. The van der Waals surface area contributed by atoms with Crippen LogP contribution in [-0.4, -0.2) is 17.5 Å². The van der Waals surface area contributed by atoms with Gasteiger partial charge in [-0.3, -0.25) is 0 Å². The van der Waals surface area contributed by atoms with Gasteiger partial charge in [0.2, 0.25) is 0 Å². The van der Waals surface area contributed by atoms with Gasteiger partial charge in [0.05, 0.1) is 0 Å². The molecule has 2 fully saturated rings. The molecule has 0 radical (unpaired) electrons. The topological polar surface area (TPSA) is 3.24 Å². The molecule has 1 aliphatic heterocycles. The molecule has 0 aromatic carbocycles. The van der Waals surface area contributed by atoms with Gasteiger partial charge in [0.1, 0.15) is 0 Å². The van der Waals surface area contributed by atoms with Crippen LogP contribution in [0.2, 0.25) is 0 Å². The van der Waals surface area contributed by atoms with E-state index in [1.54, 1.807) is 0 Å². The molecule has 1 heteroatoms. The minimum absolute atomic E-state index is 0.258. The summed E-state index contributed by atoms with van der Waals surface area (Å²) in [6.07, 6.45) is 3.63. The third kappa shape index (κ3) is 3.82. The number of rotatable bonds is 8. The monoisotopic (exact) mass is 357 g/mol. The van der Waals surface area contributed by atoms with E-state index < -0.39 is 0 Å². The van der Waals surface area contributed by atoms with Gasteiger partial charge in [0.15, 0.2) is 0 Å². The summed E-state index contributed by atoms with van der Waals surface area (Å²) in [5.41, 5.74) is 4.52. The molecule has 1 saturated carbocycles. The fourth-order valence-electron chi connectivity index (χ4n) is 5.22. The Morgan fingerprint density at radius 2 is 1.77 bits per heavy atom. The van der Waals surface area contributed by atoms with E-state index in [-0.39, 0.29) is 5.41 Å². The fourth-order valence-corrected chi connectivity index (χ4v) is 5.22. The zero-order valence-electron chi connectivity index (χ0n) is 18.8. The highest BCUT2D eigenvalue weighted by atomic mass is 15.2. The molecule has 5 atom stereocenters. The average molecular weight is 358 g/mol. The van der Waals surface area contributed by atoms with Crippen molar-refractivity contribution in [2.45, 2.75) is 80.7 Å². The van der Waals surface area contributed by atoms with E-state index >= 15 is 0 Å². The summed E-state index contributed by atoms with van der Waals surface area (Å²) in [6.45, 7) is 33.0. The standard InChI is InChI=1S/C25H43N/c1-12-13-20(17(4)16(2)3)14-22-23-21(25(23,10)11)15-26(22)19(6)18(5)24(7,8)9/h18,20-23H,2,4,6,12-15H2,1,3,5,7-11H3. The van der Waals surface area contributed by atoms with Crippen LogP contribution in [0.1, 0.15) is 74.7 Å². The number of likely N-dealkylation sites (tertiary alicyclic amines) is 1. The van der Waals surface area contributed by atoms with Crippen molar-refractivity contribution in [2.24, 2.45) is 34.5 Å².